The summed E-state index contributed by atoms with van der Waals surface area (Å²) >= 11 is 0. The number of benzene rings is 1. The molecule has 0 radical (unpaired) electrons. The quantitative estimate of drug-likeness (QED) is 0.271. The van der Waals surface area contributed by atoms with Crippen LogP contribution in [0.15, 0.2) is 16.9 Å². The van der Waals surface area contributed by atoms with Crippen molar-refractivity contribution in [3.63, 3.8) is 0 Å². The number of hydrogen-bond acceptors (Lipinski definition) is 9. The lowest BCUT2D eigenvalue weighted by Gasteiger charge is -2.22. The minimum Gasteiger partial charge on any atom is -0.458 e. The first-order valence-electron chi connectivity index (χ1n) is 14.9. The molecule has 3 aromatic rings. The van der Waals surface area contributed by atoms with Crippen molar-refractivity contribution in [3.05, 3.63) is 61.7 Å². The van der Waals surface area contributed by atoms with Gasteiger partial charge in [0.1, 0.15) is 12.4 Å². The number of fused-ring (bicyclic) bond motifs is 5. The van der Waals surface area contributed by atoms with Crippen molar-refractivity contribution in [2.75, 3.05) is 19.7 Å². The molecule has 0 saturated heterocycles. The lowest BCUT2D eigenvalue weighted by molar-refractivity contribution is -0.157. The van der Waals surface area contributed by atoms with E-state index in [1.54, 1.807) is 17.6 Å². The number of aliphatic hydroxyl groups is 2. The third-order valence-corrected chi connectivity index (χ3v) is 8.06. The van der Waals surface area contributed by atoms with Gasteiger partial charge in [-0.25, -0.2) is 14.2 Å². The highest BCUT2D eigenvalue weighted by Crippen LogP contribution is 2.42. The second kappa shape index (κ2) is 14.0. The monoisotopic (exact) mass is 621 g/mol. The molecule has 2 aliphatic heterocycles. The van der Waals surface area contributed by atoms with Gasteiger partial charge in [0.25, 0.3) is 5.56 Å². The van der Waals surface area contributed by atoms with E-state index < -0.39 is 18.0 Å². The summed E-state index contributed by atoms with van der Waals surface area (Å²) in [6.07, 6.45) is 1.26. The van der Waals surface area contributed by atoms with E-state index in [9.17, 15) is 28.7 Å². The first-order chi connectivity index (χ1) is 21.6. The average Bonchev–Trinajstić information content (AvgIpc) is 3.40. The molecule has 4 N–H and O–H groups in total. The van der Waals surface area contributed by atoms with E-state index in [4.69, 9.17) is 25.8 Å². The molecule has 6 rings (SSSR count). The van der Waals surface area contributed by atoms with Gasteiger partial charge in [0, 0.05) is 42.0 Å². The van der Waals surface area contributed by atoms with Gasteiger partial charge in [-0.1, -0.05) is 13.8 Å². The summed E-state index contributed by atoms with van der Waals surface area (Å²) in [7, 11) is 0. The number of aromatic nitrogens is 2. The van der Waals surface area contributed by atoms with Crippen LogP contribution in [-0.4, -0.2) is 62.1 Å². The van der Waals surface area contributed by atoms with Gasteiger partial charge in [0.15, 0.2) is 6.10 Å². The van der Waals surface area contributed by atoms with Crippen molar-refractivity contribution >= 4 is 28.7 Å². The molecule has 1 aromatic carbocycles. The zero-order valence-electron chi connectivity index (χ0n) is 25.5. The maximum absolute atomic E-state index is 14.5. The number of rotatable bonds is 6. The van der Waals surface area contributed by atoms with Gasteiger partial charge < -0.3 is 30.2 Å². The van der Waals surface area contributed by atoms with Crippen LogP contribution in [-0.2, 0) is 45.1 Å². The number of cyclic esters (lactones) is 1. The molecule has 2 aromatic heterocycles. The Morgan fingerprint density at radius 3 is 2.58 bits per heavy atom. The number of aryl methyl sites for hydroxylation is 2. The number of amides is 2. The number of nitrogens with zero attached hydrogens (tertiary/aromatic N) is 4. The Hall–Kier alpha value is -4.67. The normalized spacial score (nSPS) is 15.2. The van der Waals surface area contributed by atoms with Gasteiger partial charge >= 0.3 is 5.97 Å². The number of ether oxygens (including phenoxy) is 1. The Bertz CT molecular complexity index is 1780. The number of esters is 1. The van der Waals surface area contributed by atoms with Crippen LogP contribution >= 0.6 is 0 Å². The van der Waals surface area contributed by atoms with Crippen molar-refractivity contribution in [1.82, 2.24) is 14.5 Å². The van der Waals surface area contributed by atoms with Crippen LogP contribution in [0, 0.1) is 24.1 Å². The molecule has 45 heavy (non-hydrogen) atoms. The molecular formula is C32H36FN5O7. The van der Waals surface area contributed by atoms with Gasteiger partial charge in [-0.15, -0.1) is 0 Å². The number of nitriles is 1. The van der Waals surface area contributed by atoms with Gasteiger partial charge in [-0.3, -0.25) is 14.4 Å². The summed E-state index contributed by atoms with van der Waals surface area (Å²) < 4.78 is 21.1. The second-order valence-corrected chi connectivity index (χ2v) is 10.7. The standard InChI is InChI=1S/C22H17FN2O4.C8H13N3O3.C2H6/c1-9-10-3-2-4-11-13-7-25-17(19(13)24-16(18(10)11)6-15(9)23)5-12-14(21(25)27)8-29-22(28)20(12)26;9-3-1-2-8(14)11(4-5-12)6-7(10)13;1-2/h5-6,20,26H,2-4,7-8H2,1H3;12H,1-2,4-6H2,(H2,10,13);1-2H3. The summed E-state index contributed by atoms with van der Waals surface area (Å²) in [5, 5.41) is 28.1. The van der Waals surface area contributed by atoms with Crippen molar-refractivity contribution in [2.24, 2.45) is 5.73 Å². The van der Waals surface area contributed by atoms with E-state index in [1.807, 2.05) is 19.9 Å². The van der Waals surface area contributed by atoms with Gasteiger partial charge in [0.2, 0.25) is 11.8 Å². The molecule has 1 unspecified atom stereocenters. The lowest BCUT2D eigenvalue weighted by Crippen LogP contribution is -2.40. The number of nitrogens with two attached hydrogens (primary N) is 1. The number of carbonyl (C=O) groups excluding carboxylic acids is 3. The molecule has 0 spiro atoms. The number of hydrogen-bond donors (Lipinski definition) is 3. The van der Waals surface area contributed by atoms with Crippen LogP contribution in [0.2, 0.25) is 0 Å². The molecule has 2 amide bonds. The molecule has 0 bridgehead atoms. The maximum Gasteiger partial charge on any atom is 0.340 e. The fourth-order valence-electron chi connectivity index (χ4n) is 5.99. The van der Waals surface area contributed by atoms with Gasteiger partial charge in [-0.2, -0.15) is 5.26 Å². The van der Waals surface area contributed by atoms with Gasteiger partial charge in [-0.05, 0) is 48.9 Å². The Balaban J connectivity index is 0.000000246. The average molecular weight is 622 g/mol. The van der Waals surface area contributed by atoms with E-state index >= 15 is 0 Å². The fourth-order valence-corrected chi connectivity index (χ4v) is 5.99. The Morgan fingerprint density at radius 1 is 1.20 bits per heavy atom. The molecular weight excluding hydrogens is 585 g/mol. The molecule has 0 saturated carbocycles. The maximum atomic E-state index is 14.5. The fraction of sp³-hybridized carbons (Fsp3) is 0.438. The number of halogens is 1. The topological polar surface area (TPSA) is 189 Å². The predicted molar refractivity (Wildman–Crippen MR) is 161 cm³/mol. The minimum absolute atomic E-state index is 0.0454. The first-order valence-corrected chi connectivity index (χ1v) is 14.9. The summed E-state index contributed by atoms with van der Waals surface area (Å²) in [4.78, 5) is 52.6. The van der Waals surface area contributed by atoms with Crippen LogP contribution < -0.4 is 11.3 Å². The highest BCUT2D eigenvalue weighted by molar-refractivity contribution is 5.92. The third-order valence-electron chi connectivity index (χ3n) is 8.06. The molecule has 3 aliphatic rings. The molecule has 1 atom stereocenters. The largest absolute Gasteiger partial charge is 0.458 e. The second-order valence-electron chi connectivity index (χ2n) is 10.7. The zero-order chi connectivity index (χ0) is 33.0. The number of carbonyl (C=O) groups is 3. The Labute approximate surface area is 258 Å². The van der Waals surface area contributed by atoms with Gasteiger partial charge in [0.05, 0.1) is 48.2 Å². The predicted octanol–water partition coefficient (Wildman–Crippen LogP) is 2.07. The molecule has 13 heteroatoms. The smallest absolute Gasteiger partial charge is 0.340 e. The van der Waals surface area contributed by atoms with Crippen LogP contribution in [0.1, 0.15) is 72.6 Å². The Morgan fingerprint density at radius 2 is 1.91 bits per heavy atom. The molecule has 0 fully saturated rings. The SMILES string of the molecule is CC.Cc1c(F)cc2nc3c(c4c2c1CCC4)Cn1c-3cc2c(c1=O)COC(=O)C2O.N#CCCC(=O)N(CCO)CC(N)=O. The van der Waals surface area contributed by atoms with Crippen molar-refractivity contribution in [3.8, 4) is 17.5 Å². The molecule has 4 heterocycles. The summed E-state index contributed by atoms with van der Waals surface area (Å²) in [6, 6.07) is 4.95. The number of primary amides is 1. The zero-order valence-corrected chi connectivity index (χ0v) is 25.5. The van der Waals surface area contributed by atoms with Crippen molar-refractivity contribution in [1.29, 1.82) is 5.26 Å². The molecule has 1 aliphatic carbocycles. The van der Waals surface area contributed by atoms with Crippen LogP contribution in [0.25, 0.3) is 22.3 Å². The minimum atomic E-state index is -1.48. The third kappa shape index (κ3) is 6.29. The van der Waals surface area contributed by atoms with Crippen LogP contribution in [0.3, 0.4) is 0 Å². The Kier molecular flexibility index (Phi) is 10.3. The lowest BCUT2D eigenvalue weighted by atomic mass is 9.85. The van der Waals surface area contributed by atoms with E-state index in [2.05, 4.69) is 0 Å². The molecule has 12 nitrogen and oxygen atoms in total. The van der Waals surface area contributed by atoms with E-state index in [1.165, 1.54) is 6.07 Å². The number of aliphatic hydroxyl groups excluding tert-OH is 2. The highest BCUT2D eigenvalue weighted by atomic mass is 19.1. The summed E-state index contributed by atoms with van der Waals surface area (Å²) in [5.74, 6) is -2.02. The first kappa shape index (κ1) is 33.2. The van der Waals surface area contributed by atoms with Crippen LogP contribution in [0.5, 0.6) is 0 Å². The summed E-state index contributed by atoms with van der Waals surface area (Å²) in [5.41, 5.74) is 10.8. The van der Waals surface area contributed by atoms with E-state index in [0.717, 1.165) is 46.2 Å². The van der Waals surface area contributed by atoms with Crippen LogP contribution in [0.4, 0.5) is 4.39 Å². The summed E-state index contributed by atoms with van der Waals surface area (Å²) in [6.45, 7) is 5.66. The van der Waals surface area contributed by atoms with E-state index in [0.29, 0.717) is 34.6 Å². The van der Waals surface area contributed by atoms with E-state index in [-0.39, 0.29) is 62.0 Å². The van der Waals surface area contributed by atoms with Crippen molar-refractivity contribution in [2.45, 2.75) is 72.1 Å². The molecule has 238 valence electrons. The number of pyridine rings is 2. The highest BCUT2D eigenvalue weighted by Gasteiger charge is 2.35. The van der Waals surface area contributed by atoms with Crippen molar-refractivity contribution < 1.29 is 33.7 Å².